The molecule has 0 bridgehead atoms. The fraction of sp³-hybridized carbons (Fsp3) is 0.133. The summed E-state index contributed by atoms with van der Waals surface area (Å²) in [5.74, 6) is 0.176. The second-order valence-electron chi connectivity index (χ2n) is 9.29. The van der Waals surface area contributed by atoms with E-state index in [1.54, 1.807) is 49.0 Å². The lowest BCUT2D eigenvalue weighted by atomic mass is 10.1. The zero-order valence-electron chi connectivity index (χ0n) is 21.5. The van der Waals surface area contributed by atoms with Crippen molar-refractivity contribution in [3.63, 3.8) is 0 Å². The standard InChI is InChI=1S/C30H26ClN3O4S2/c1-20-26(31)8-5-9-27(20)33-40(37,38)25-16-14-24(15-17-25)32-29(36)22-10-12-23(13-11-22)30-34(28(35)19-39-30)18-21-6-3-2-4-7-21/h2-17,30,33H,18-19H2,1H3,(H,32,36)/t30-/m0/s1. The monoisotopic (exact) mass is 591 g/mol. The van der Waals surface area contributed by atoms with Gasteiger partial charge in [0.25, 0.3) is 15.9 Å². The zero-order valence-corrected chi connectivity index (χ0v) is 23.9. The molecule has 4 aromatic carbocycles. The minimum absolute atomic E-state index is 0.0536. The predicted octanol–water partition coefficient (Wildman–Crippen LogP) is 6.48. The van der Waals surface area contributed by atoms with Gasteiger partial charge in [-0.05, 0) is 72.1 Å². The molecule has 204 valence electrons. The number of hydrogen-bond donors (Lipinski definition) is 2. The first kappa shape index (κ1) is 27.8. The Labute approximate surface area is 242 Å². The van der Waals surface area contributed by atoms with Crippen LogP contribution in [0.25, 0.3) is 0 Å². The molecule has 1 saturated heterocycles. The van der Waals surface area contributed by atoms with Crippen molar-refractivity contribution in [2.75, 3.05) is 15.8 Å². The molecule has 2 N–H and O–H groups in total. The van der Waals surface area contributed by atoms with Crippen LogP contribution in [0.2, 0.25) is 5.02 Å². The summed E-state index contributed by atoms with van der Waals surface area (Å²) in [6, 6.07) is 28.0. The van der Waals surface area contributed by atoms with Gasteiger partial charge < -0.3 is 10.2 Å². The van der Waals surface area contributed by atoms with E-state index in [9.17, 15) is 18.0 Å². The molecule has 10 heteroatoms. The smallest absolute Gasteiger partial charge is 0.261 e. The summed E-state index contributed by atoms with van der Waals surface area (Å²) in [4.78, 5) is 27.3. The number of hydrogen-bond acceptors (Lipinski definition) is 5. The van der Waals surface area contributed by atoms with E-state index >= 15 is 0 Å². The van der Waals surface area contributed by atoms with Crippen LogP contribution in [0.4, 0.5) is 11.4 Å². The third-order valence-electron chi connectivity index (χ3n) is 6.56. The van der Waals surface area contributed by atoms with Gasteiger partial charge in [0.05, 0.1) is 16.3 Å². The molecule has 2 amide bonds. The van der Waals surface area contributed by atoms with Gasteiger partial charge in [0.1, 0.15) is 5.37 Å². The van der Waals surface area contributed by atoms with Crippen molar-refractivity contribution in [3.8, 4) is 0 Å². The molecule has 40 heavy (non-hydrogen) atoms. The van der Waals surface area contributed by atoms with Crippen LogP contribution in [0.1, 0.15) is 32.4 Å². The fourth-order valence-electron chi connectivity index (χ4n) is 4.32. The van der Waals surface area contributed by atoms with Crippen LogP contribution in [0.5, 0.6) is 0 Å². The Morgan fingerprint density at radius 3 is 2.35 bits per heavy atom. The highest BCUT2D eigenvalue weighted by Crippen LogP contribution is 2.39. The van der Waals surface area contributed by atoms with Crippen LogP contribution in [-0.4, -0.2) is 30.9 Å². The summed E-state index contributed by atoms with van der Waals surface area (Å²) in [7, 11) is -3.84. The predicted molar refractivity (Wildman–Crippen MR) is 160 cm³/mol. The average Bonchev–Trinajstić information content (AvgIpc) is 3.31. The second-order valence-corrected chi connectivity index (χ2v) is 12.4. The van der Waals surface area contributed by atoms with Gasteiger partial charge in [-0.15, -0.1) is 11.8 Å². The van der Waals surface area contributed by atoms with Crippen LogP contribution < -0.4 is 10.0 Å². The maximum absolute atomic E-state index is 12.9. The molecule has 4 aromatic rings. The van der Waals surface area contributed by atoms with Gasteiger partial charge in [-0.1, -0.05) is 60.1 Å². The number of carbonyl (C=O) groups is 2. The Balaban J connectivity index is 1.23. The van der Waals surface area contributed by atoms with Gasteiger partial charge in [0, 0.05) is 22.8 Å². The number of thioether (sulfide) groups is 1. The first-order chi connectivity index (χ1) is 19.2. The molecular formula is C30H26ClN3O4S2. The second kappa shape index (κ2) is 11.8. The van der Waals surface area contributed by atoms with Crippen LogP contribution in [0.15, 0.2) is 102 Å². The molecule has 7 nitrogen and oxygen atoms in total. The van der Waals surface area contributed by atoms with E-state index in [-0.39, 0.29) is 22.1 Å². The number of nitrogens with zero attached hydrogens (tertiary/aromatic N) is 1. The minimum atomic E-state index is -3.84. The Morgan fingerprint density at radius 1 is 0.950 bits per heavy atom. The van der Waals surface area contributed by atoms with Gasteiger partial charge in [-0.2, -0.15) is 0 Å². The number of anilines is 2. The summed E-state index contributed by atoms with van der Waals surface area (Å²) in [5, 5.41) is 3.14. The molecule has 0 spiro atoms. The van der Waals surface area contributed by atoms with E-state index in [0.29, 0.717) is 39.8 Å². The first-order valence-corrected chi connectivity index (χ1v) is 15.4. The molecule has 1 heterocycles. The van der Waals surface area contributed by atoms with Crippen LogP contribution in [0, 0.1) is 6.92 Å². The van der Waals surface area contributed by atoms with Crippen molar-refractivity contribution in [2.24, 2.45) is 0 Å². The van der Waals surface area contributed by atoms with Crippen molar-refractivity contribution in [1.29, 1.82) is 0 Å². The Bertz CT molecular complexity index is 1650. The maximum Gasteiger partial charge on any atom is 0.261 e. The minimum Gasteiger partial charge on any atom is -0.322 e. The number of halogens is 1. The summed E-state index contributed by atoms with van der Waals surface area (Å²) in [6.07, 6.45) is 0. The van der Waals surface area contributed by atoms with Gasteiger partial charge in [0.15, 0.2) is 0 Å². The summed E-state index contributed by atoms with van der Waals surface area (Å²) >= 11 is 7.67. The molecule has 5 rings (SSSR count). The van der Waals surface area contributed by atoms with Crippen molar-refractivity contribution in [2.45, 2.75) is 23.7 Å². The molecule has 1 aliphatic rings. The molecular weight excluding hydrogens is 566 g/mol. The Morgan fingerprint density at radius 2 is 1.65 bits per heavy atom. The van der Waals surface area contributed by atoms with Crippen LogP contribution in [-0.2, 0) is 21.4 Å². The number of nitrogens with one attached hydrogen (secondary N) is 2. The Hall–Kier alpha value is -3.79. The van der Waals surface area contributed by atoms with Crippen LogP contribution >= 0.6 is 23.4 Å². The van der Waals surface area contributed by atoms with Crippen molar-refractivity contribution in [1.82, 2.24) is 4.90 Å². The molecule has 1 aliphatic heterocycles. The fourth-order valence-corrected chi connectivity index (χ4v) is 6.81. The molecule has 0 aromatic heterocycles. The van der Waals surface area contributed by atoms with E-state index in [2.05, 4.69) is 10.0 Å². The van der Waals surface area contributed by atoms with E-state index < -0.39 is 10.0 Å². The van der Waals surface area contributed by atoms with E-state index in [1.807, 2.05) is 47.4 Å². The van der Waals surface area contributed by atoms with E-state index in [0.717, 1.165) is 11.1 Å². The highest BCUT2D eigenvalue weighted by molar-refractivity contribution is 8.00. The summed E-state index contributed by atoms with van der Waals surface area (Å²) < 4.78 is 28.2. The molecule has 0 radical (unpaired) electrons. The van der Waals surface area contributed by atoms with Gasteiger partial charge in [0.2, 0.25) is 5.91 Å². The average molecular weight is 592 g/mol. The van der Waals surface area contributed by atoms with Crippen molar-refractivity contribution < 1.29 is 18.0 Å². The van der Waals surface area contributed by atoms with Crippen molar-refractivity contribution in [3.05, 3.63) is 124 Å². The third-order valence-corrected chi connectivity index (χ3v) is 9.60. The van der Waals surface area contributed by atoms with Crippen molar-refractivity contribution >= 4 is 56.6 Å². The molecule has 1 fully saturated rings. The number of rotatable bonds is 8. The molecule has 0 unspecified atom stereocenters. The molecule has 0 saturated carbocycles. The van der Waals surface area contributed by atoms with Crippen LogP contribution in [0.3, 0.4) is 0 Å². The number of amides is 2. The highest BCUT2D eigenvalue weighted by atomic mass is 35.5. The van der Waals surface area contributed by atoms with E-state index in [1.165, 1.54) is 24.3 Å². The lowest BCUT2D eigenvalue weighted by Gasteiger charge is -2.24. The molecule has 0 aliphatic carbocycles. The lowest BCUT2D eigenvalue weighted by molar-refractivity contribution is -0.128. The van der Waals surface area contributed by atoms with Gasteiger partial charge in [-0.25, -0.2) is 8.42 Å². The summed E-state index contributed by atoms with van der Waals surface area (Å²) in [6.45, 7) is 2.26. The quantitative estimate of drug-likeness (QED) is 0.245. The van der Waals surface area contributed by atoms with Gasteiger partial charge >= 0.3 is 0 Å². The number of benzene rings is 4. The molecule has 1 atom stereocenters. The van der Waals surface area contributed by atoms with E-state index in [4.69, 9.17) is 11.6 Å². The number of sulfonamides is 1. The zero-order chi connectivity index (χ0) is 28.3. The third kappa shape index (κ3) is 6.17. The first-order valence-electron chi connectivity index (χ1n) is 12.5. The maximum atomic E-state index is 12.9. The van der Waals surface area contributed by atoms with Gasteiger partial charge in [-0.3, -0.25) is 14.3 Å². The number of carbonyl (C=O) groups excluding carboxylic acids is 2. The SMILES string of the molecule is Cc1c(Cl)cccc1NS(=O)(=O)c1ccc(NC(=O)c2ccc([C@@H]3SCC(=O)N3Cc3ccccc3)cc2)cc1. The lowest BCUT2D eigenvalue weighted by Crippen LogP contribution is -2.27. The normalized spacial score (nSPS) is 15.2. The largest absolute Gasteiger partial charge is 0.322 e. The Kier molecular flexibility index (Phi) is 8.16. The highest BCUT2D eigenvalue weighted by Gasteiger charge is 2.32. The topological polar surface area (TPSA) is 95.6 Å². The summed E-state index contributed by atoms with van der Waals surface area (Å²) in [5.41, 5.74) is 3.94.